The minimum atomic E-state index is -0.347. The maximum Gasteiger partial charge on any atom is 0.238 e. The summed E-state index contributed by atoms with van der Waals surface area (Å²) < 4.78 is 0. The van der Waals surface area contributed by atoms with Crippen molar-refractivity contribution < 1.29 is 9.59 Å². The molecule has 0 radical (unpaired) electrons. The molecule has 0 unspecified atom stereocenters. The Morgan fingerprint density at radius 1 is 1.23 bits per heavy atom. The third kappa shape index (κ3) is 4.43. The van der Waals surface area contributed by atoms with Crippen LogP contribution in [0.2, 0.25) is 0 Å². The highest BCUT2D eigenvalue weighted by atomic mass is 32.2. The largest absolute Gasteiger partial charge is 0.353 e. The lowest BCUT2D eigenvalue weighted by molar-refractivity contribution is -0.124. The number of thioether (sulfide) groups is 1. The molecule has 5 heteroatoms. The molecular weight excluding hydrogens is 344 g/mol. The predicted molar refractivity (Wildman–Crippen MR) is 107 cm³/mol. The molecule has 0 saturated heterocycles. The van der Waals surface area contributed by atoms with Gasteiger partial charge in [-0.05, 0) is 49.1 Å². The first-order valence-electron chi connectivity index (χ1n) is 9.75. The highest BCUT2D eigenvalue weighted by molar-refractivity contribution is 8.01. The fraction of sp³-hybridized carbons (Fsp3) is 0.619. The number of amides is 2. The van der Waals surface area contributed by atoms with Crippen molar-refractivity contribution in [1.82, 2.24) is 5.32 Å². The average molecular weight is 375 g/mol. The Bertz CT molecular complexity index is 666. The second-order valence-corrected chi connectivity index (χ2v) is 9.50. The number of carbonyl (C=O) groups excluding carboxylic acids is 2. The van der Waals surface area contributed by atoms with E-state index in [-0.39, 0.29) is 29.5 Å². The van der Waals surface area contributed by atoms with Gasteiger partial charge in [0, 0.05) is 17.4 Å². The zero-order valence-corrected chi connectivity index (χ0v) is 16.8. The highest BCUT2D eigenvalue weighted by Crippen LogP contribution is 2.40. The van der Waals surface area contributed by atoms with Crippen LogP contribution in [0.1, 0.15) is 59.3 Å². The van der Waals surface area contributed by atoms with Crippen LogP contribution in [0, 0.1) is 11.3 Å². The second-order valence-electron chi connectivity index (χ2n) is 8.25. The molecule has 142 valence electrons. The van der Waals surface area contributed by atoms with Crippen LogP contribution in [0.5, 0.6) is 0 Å². The quantitative estimate of drug-likeness (QED) is 0.792. The third-order valence-corrected chi connectivity index (χ3v) is 7.46. The molecule has 0 spiro atoms. The number of carbonyl (C=O) groups is 2. The molecule has 2 amide bonds. The summed E-state index contributed by atoms with van der Waals surface area (Å²) in [6.07, 6.45) is 5.89. The lowest BCUT2D eigenvalue weighted by Crippen LogP contribution is -2.42. The van der Waals surface area contributed by atoms with Gasteiger partial charge in [0.1, 0.15) is 0 Å². The van der Waals surface area contributed by atoms with E-state index in [2.05, 4.69) is 31.4 Å². The molecule has 1 fully saturated rings. The number of para-hydroxylation sites is 1. The van der Waals surface area contributed by atoms with Crippen molar-refractivity contribution in [2.75, 3.05) is 5.32 Å². The van der Waals surface area contributed by atoms with Crippen molar-refractivity contribution in [3.63, 3.8) is 0 Å². The molecule has 1 saturated carbocycles. The van der Waals surface area contributed by atoms with Crippen molar-refractivity contribution in [3.05, 3.63) is 24.3 Å². The highest BCUT2D eigenvalue weighted by Gasteiger charge is 2.33. The fourth-order valence-corrected chi connectivity index (χ4v) is 5.10. The average Bonchev–Trinajstić information content (AvgIpc) is 2.63. The van der Waals surface area contributed by atoms with E-state index in [1.54, 1.807) is 0 Å². The minimum absolute atomic E-state index is 0.00441. The van der Waals surface area contributed by atoms with Crippen molar-refractivity contribution in [3.8, 4) is 0 Å². The van der Waals surface area contributed by atoms with E-state index in [9.17, 15) is 9.59 Å². The predicted octanol–water partition coefficient (Wildman–Crippen LogP) is 4.60. The molecule has 2 aliphatic rings. The Kier molecular flexibility index (Phi) is 5.96. The zero-order valence-electron chi connectivity index (χ0n) is 16.0. The minimum Gasteiger partial charge on any atom is -0.353 e. The Hall–Kier alpha value is -1.49. The van der Waals surface area contributed by atoms with Gasteiger partial charge in [-0.15, -0.1) is 11.8 Å². The molecule has 1 aliphatic carbocycles. The van der Waals surface area contributed by atoms with Crippen LogP contribution >= 0.6 is 11.8 Å². The Labute approximate surface area is 160 Å². The molecule has 4 nitrogen and oxygen atoms in total. The zero-order chi connectivity index (χ0) is 18.7. The first-order valence-corrected chi connectivity index (χ1v) is 10.6. The molecule has 1 atom stereocenters. The number of nitrogens with one attached hydrogen (secondary N) is 2. The number of hydrogen-bond donors (Lipinski definition) is 2. The maximum absolute atomic E-state index is 12.5. The standard InChI is InChI=1S/C21H30N2O2S/c1-4-21(2,3)14-9-11-15(12-10-14)22-19(24)13-18-20(25)23-16-7-5-6-8-17(16)26-18/h5-8,14-15,18H,4,9-13H2,1-3H3,(H,22,24)(H,23,25)/t14?,15?,18-/m0/s1. The van der Waals surface area contributed by atoms with Crippen LogP contribution in [-0.4, -0.2) is 23.1 Å². The number of fused-ring (bicyclic) bond motifs is 1. The normalized spacial score (nSPS) is 26.0. The molecule has 0 aromatic heterocycles. The summed E-state index contributed by atoms with van der Waals surface area (Å²) in [7, 11) is 0. The Balaban J connectivity index is 1.49. The van der Waals surface area contributed by atoms with E-state index >= 15 is 0 Å². The smallest absolute Gasteiger partial charge is 0.238 e. The van der Waals surface area contributed by atoms with Crippen LogP contribution in [0.3, 0.4) is 0 Å². The first-order chi connectivity index (χ1) is 12.4. The van der Waals surface area contributed by atoms with Crippen molar-refractivity contribution >= 4 is 29.3 Å². The van der Waals surface area contributed by atoms with Crippen molar-refractivity contribution in [2.24, 2.45) is 11.3 Å². The van der Waals surface area contributed by atoms with Crippen LogP contribution < -0.4 is 10.6 Å². The van der Waals surface area contributed by atoms with Gasteiger partial charge in [-0.2, -0.15) is 0 Å². The van der Waals surface area contributed by atoms with Gasteiger partial charge >= 0.3 is 0 Å². The number of benzene rings is 1. The van der Waals surface area contributed by atoms with E-state index < -0.39 is 0 Å². The van der Waals surface area contributed by atoms with Crippen LogP contribution in [0.25, 0.3) is 0 Å². The molecule has 1 aromatic rings. The summed E-state index contributed by atoms with van der Waals surface area (Å²) in [5, 5.41) is 5.73. The van der Waals surface area contributed by atoms with Gasteiger partial charge in [-0.25, -0.2) is 0 Å². The van der Waals surface area contributed by atoms with Crippen LogP contribution in [0.15, 0.2) is 29.2 Å². The fourth-order valence-electron chi connectivity index (χ4n) is 3.99. The van der Waals surface area contributed by atoms with Gasteiger partial charge in [-0.3, -0.25) is 9.59 Å². The van der Waals surface area contributed by atoms with E-state index in [0.29, 0.717) is 5.41 Å². The lowest BCUT2D eigenvalue weighted by Gasteiger charge is -2.39. The Morgan fingerprint density at radius 2 is 1.92 bits per heavy atom. The molecule has 1 aromatic carbocycles. The van der Waals surface area contributed by atoms with E-state index in [1.165, 1.54) is 31.0 Å². The second kappa shape index (κ2) is 8.03. The third-order valence-electron chi connectivity index (χ3n) is 6.19. The summed E-state index contributed by atoms with van der Waals surface area (Å²) in [6.45, 7) is 6.97. The summed E-state index contributed by atoms with van der Waals surface area (Å²) in [4.78, 5) is 25.8. The van der Waals surface area contributed by atoms with Crippen molar-refractivity contribution in [2.45, 2.75) is 75.5 Å². The van der Waals surface area contributed by atoms with Gasteiger partial charge in [-0.1, -0.05) is 39.3 Å². The number of anilines is 1. The molecule has 1 heterocycles. The molecule has 0 bridgehead atoms. The van der Waals surface area contributed by atoms with E-state index in [4.69, 9.17) is 0 Å². The van der Waals surface area contributed by atoms with Gasteiger partial charge in [0.25, 0.3) is 0 Å². The molecule has 3 rings (SSSR count). The Morgan fingerprint density at radius 3 is 2.62 bits per heavy atom. The lowest BCUT2D eigenvalue weighted by atomic mass is 9.69. The number of rotatable bonds is 5. The molecule has 2 N–H and O–H groups in total. The van der Waals surface area contributed by atoms with Gasteiger partial charge in [0.05, 0.1) is 10.9 Å². The van der Waals surface area contributed by atoms with E-state index in [1.807, 2.05) is 24.3 Å². The topological polar surface area (TPSA) is 58.2 Å². The maximum atomic E-state index is 12.5. The number of hydrogen-bond acceptors (Lipinski definition) is 3. The summed E-state index contributed by atoms with van der Waals surface area (Å²) in [6, 6.07) is 8.00. The van der Waals surface area contributed by atoms with E-state index in [0.717, 1.165) is 29.3 Å². The van der Waals surface area contributed by atoms with Gasteiger partial charge < -0.3 is 10.6 Å². The molecular formula is C21H30N2O2S. The monoisotopic (exact) mass is 374 g/mol. The first kappa shape index (κ1) is 19.3. The molecule has 1 aliphatic heterocycles. The SMILES string of the molecule is CCC(C)(C)C1CCC(NC(=O)C[C@@H]2Sc3ccccc3NC2=O)CC1. The van der Waals surface area contributed by atoms with Gasteiger partial charge in [0.15, 0.2) is 0 Å². The summed E-state index contributed by atoms with van der Waals surface area (Å²) >= 11 is 1.49. The van der Waals surface area contributed by atoms with Crippen molar-refractivity contribution in [1.29, 1.82) is 0 Å². The van der Waals surface area contributed by atoms with Gasteiger partial charge in [0.2, 0.25) is 11.8 Å². The van der Waals surface area contributed by atoms with Crippen LogP contribution in [-0.2, 0) is 9.59 Å². The van der Waals surface area contributed by atoms with Crippen LogP contribution in [0.4, 0.5) is 5.69 Å². The summed E-state index contributed by atoms with van der Waals surface area (Å²) in [5.74, 6) is 0.671. The molecule has 26 heavy (non-hydrogen) atoms. The summed E-state index contributed by atoms with van der Waals surface area (Å²) in [5.41, 5.74) is 1.23.